The Morgan fingerprint density at radius 1 is 1.86 bits per heavy atom. The zero-order chi connectivity index (χ0) is 5.28. The summed E-state index contributed by atoms with van der Waals surface area (Å²) in [5.41, 5.74) is 0. The van der Waals surface area contributed by atoms with Gasteiger partial charge in [0, 0.05) is 6.20 Å². The van der Waals surface area contributed by atoms with Crippen LogP contribution in [0.1, 0.15) is 0 Å². The van der Waals surface area contributed by atoms with E-state index in [0.29, 0.717) is 0 Å². The molecule has 0 atom stereocenters. The van der Waals surface area contributed by atoms with Crippen molar-refractivity contribution in [3.05, 3.63) is 11.4 Å². The summed E-state index contributed by atoms with van der Waals surface area (Å²) in [5, 5.41) is 5.75. The minimum absolute atomic E-state index is 0.213. The van der Waals surface area contributed by atoms with Crippen molar-refractivity contribution in [2.45, 2.75) is 0 Å². The molecule has 0 aromatic heterocycles. The van der Waals surface area contributed by atoms with E-state index in [4.69, 9.17) is 11.6 Å². The number of rotatable bonds is 0. The average Bonchev–Trinajstić information content (AvgIpc) is 1.87. The van der Waals surface area contributed by atoms with Gasteiger partial charge in [-0.1, -0.05) is 11.6 Å². The second kappa shape index (κ2) is 1.42. The van der Waals surface area contributed by atoms with E-state index in [1.165, 1.54) is 6.20 Å². The SMILES string of the molecule is O=C1[N]C(Cl)=CN1. The van der Waals surface area contributed by atoms with Crippen LogP contribution in [-0.4, -0.2) is 6.03 Å². The lowest BCUT2D eigenvalue weighted by Crippen LogP contribution is -2.15. The van der Waals surface area contributed by atoms with Crippen molar-refractivity contribution in [3.8, 4) is 0 Å². The van der Waals surface area contributed by atoms with E-state index in [1.807, 2.05) is 0 Å². The summed E-state index contributed by atoms with van der Waals surface area (Å²) in [7, 11) is 0. The maximum absolute atomic E-state index is 10.0. The highest BCUT2D eigenvalue weighted by molar-refractivity contribution is 6.30. The third-order valence-corrected chi connectivity index (χ3v) is 0.717. The van der Waals surface area contributed by atoms with Crippen LogP contribution in [0.3, 0.4) is 0 Å². The van der Waals surface area contributed by atoms with Crippen LogP contribution < -0.4 is 10.6 Å². The van der Waals surface area contributed by atoms with Crippen LogP contribution in [0.5, 0.6) is 0 Å². The second-order valence-corrected chi connectivity index (χ2v) is 1.42. The molecular formula is C3H2ClN2O. The first kappa shape index (κ1) is 4.46. The topological polar surface area (TPSA) is 43.2 Å². The number of halogens is 1. The summed E-state index contributed by atoms with van der Waals surface area (Å²) in [6.07, 6.45) is 1.34. The van der Waals surface area contributed by atoms with Crippen LogP contribution in [0.4, 0.5) is 4.79 Å². The predicted molar refractivity (Wildman–Crippen MR) is 24.6 cm³/mol. The van der Waals surface area contributed by atoms with Crippen molar-refractivity contribution in [2.24, 2.45) is 0 Å². The van der Waals surface area contributed by atoms with Crippen LogP contribution in [0.25, 0.3) is 0 Å². The lowest BCUT2D eigenvalue weighted by atomic mass is 11.0. The van der Waals surface area contributed by atoms with Gasteiger partial charge in [-0.2, -0.15) is 5.32 Å². The van der Waals surface area contributed by atoms with Gasteiger partial charge in [-0.25, -0.2) is 4.79 Å². The summed E-state index contributed by atoms with van der Waals surface area (Å²) in [5.74, 6) is 0. The number of carbonyl (C=O) groups is 1. The van der Waals surface area contributed by atoms with Crippen molar-refractivity contribution in [1.82, 2.24) is 10.6 Å². The first-order valence-electron chi connectivity index (χ1n) is 1.67. The molecule has 1 aliphatic rings. The normalized spacial score (nSPS) is 17.9. The molecule has 0 aromatic rings. The molecule has 1 N–H and O–H groups in total. The van der Waals surface area contributed by atoms with Crippen molar-refractivity contribution in [3.63, 3.8) is 0 Å². The summed E-state index contributed by atoms with van der Waals surface area (Å²) < 4.78 is 0. The highest BCUT2D eigenvalue weighted by Gasteiger charge is 2.08. The molecule has 0 bridgehead atoms. The Morgan fingerprint density at radius 3 is 2.71 bits per heavy atom. The zero-order valence-corrected chi connectivity index (χ0v) is 4.07. The first-order chi connectivity index (χ1) is 3.29. The van der Waals surface area contributed by atoms with Gasteiger partial charge in [0.05, 0.1) is 0 Å². The van der Waals surface area contributed by atoms with Crippen LogP contribution in [0.15, 0.2) is 11.4 Å². The second-order valence-electron chi connectivity index (χ2n) is 1.03. The van der Waals surface area contributed by atoms with Crippen molar-refractivity contribution in [2.75, 3.05) is 0 Å². The molecule has 0 unspecified atom stereocenters. The van der Waals surface area contributed by atoms with Gasteiger partial charge < -0.3 is 5.32 Å². The summed E-state index contributed by atoms with van der Waals surface area (Å²) >= 11 is 5.22. The summed E-state index contributed by atoms with van der Waals surface area (Å²) in [6, 6.07) is -0.398. The quantitative estimate of drug-likeness (QED) is 0.457. The smallest absolute Gasteiger partial charge is 0.310 e. The fraction of sp³-hybridized carbons (Fsp3) is 0. The zero-order valence-electron chi connectivity index (χ0n) is 3.31. The lowest BCUT2D eigenvalue weighted by Gasteiger charge is -1.79. The Kier molecular flexibility index (Phi) is 0.906. The molecule has 0 saturated heterocycles. The third-order valence-electron chi connectivity index (χ3n) is 0.523. The number of hydrogen-bond acceptors (Lipinski definition) is 1. The molecule has 37 valence electrons. The van der Waals surface area contributed by atoms with E-state index in [-0.39, 0.29) is 5.16 Å². The predicted octanol–water partition coefficient (Wildman–Crippen LogP) is 0.352. The molecule has 0 aromatic carbocycles. The van der Waals surface area contributed by atoms with Crippen molar-refractivity contribution in [1.29, 1.82) is 0 Å². The van der Waals surface area contributed by atoms with Gasteiger partial charge in [0.15, 0.2) is 5.16 Å². The van der Waals surface area contributed by atoms with Gasteiger partial charge in [-0.3, -0.25) is 0 Å². The van der Waals surface area contributed by atoms with Gasteiger partial charge in [-0.05, 0) is 0 Å². The molecule has 4 heteroatoms. The molecule has 1 aliphatic heterocycles. The van der Waals surface area contributed by atoms with E-state index in [1.54, 1.807) is 0 Å². The highest BCUT2D eigenvalue weighted by atomic mass is 35.5. The minimum Gasteiger partial charge on any atom is -0.310 e. The Balaban J connectivity index is 2.58. The van der Waals surface area contributed by atoms with E-state index in [2.05, 4.69) is 10.6 Å². The van der Waals surface area contributed by atoms with Gasteiger partial charge in [0.1, 0.15) is 0 Å². The fourth-order valence-corrected chi connectivity index (χ4v) is 0.414. The van der Waals surface area contributed by atoms with E-state index >= 15 is 0 Å². The summed E-state index contributed by atoms with van der Waals surface area (Å²) in [6.45, 7) is 0. The maximum atomic E-state index is 10.0. The van der Waals surface area contributed by atoms with Gasteiger partial charge in [-0.15, -0.1) is 0 Å². The molecule has 0 aliphatic carbocycles. The van der Waals surface area contributed by atoms with E-state index < -0.39 is 6.03 Å². The van der Waals surface area contributed by atoms with Crippen LogP contribution in [-0.2, 0) is 0 Å². The van der Waals surface area contributed by atoms with Crippen LogP contribution >= 0.6 is 11.6 Å². The van der Waals surface area contributed by atoms with Gasteiger partial charge >= 0.3 is 6.03 Å². The van der Waals surface area contributed by atoms with Gasteiger partial charge in [0.2, 0.25) is 0 Å². The Labute approximate surface area is 45.3 Å². The number of carbonyl (C=O) groups excluding carboxylic acids is 1. The molecule has 3 nitrogen and oxygen atoms in total. The molecule has 0 fully saturated rings. The summed E-state index contributed by atoms with van der Waals surface area (Å²) in [4.78, 5) is 10.0. The third kappa shape index (κ3) is 0.838. The molecule has 0 spiro atoms. The molecule has 7 heavy (non-hydrogen) atoms. The highest BCUT2D eigenvalue weighted by Crippen LogP contribution is 1.99. The molecule has 1 heterocycles. The van der Waals surface area contributed by atoms with Crippen molar-refractivity contribution < 1.29 is 4.79 Å². The standard InChI is InChI=1S/C3H2ClN2O/c4-2-1-5-3(7)6-2/h1H,(H,5,7). The Hall–Kier alpha value is -0.700. The van der Waals surface area contributed by atoms with Gasteiger partial charge in [0.25, 0.3) is 0 Å². The fourth-order valence-electron chi connectivity index (χ4n) is 0.283. The first-order valence-corrected chi connectivity index (χ1v) is 2.05. The molecule has 2 amide bonds. The molecule has 1 rings (SSSR count). The number of urea groups is 1. The Morgan fingerprint density at radius 2 is 2.57 bits per heavy atom. The minimum atomic E-state index is -0.398. The van der Waals surface area contributed by atoms with E-state index in [0.717, 1.165) is 0 Å². The number of nitrogens with one attached hydrogen (secondary N) is 1. The van der Waals surface area contributed by atoms with E-state index in [9.17, 15) is 4.79 Å². The lowest BCUT2D eigenvalue weighted by molar-refractivity contribution is 0.248. The maximum Gasteiger partial charge on any atom is 0.346 e. The van der Waals surface area contributed by atoms with Crippen LogP contribution in [0.2, 0.25) is 0 Å². The number of nitrogens with zero attached hydrogens (tertiary/aromatic N) is 1. The average molecular weight is 118 g/mol. The molecule has 0 saturated carbocycles. The largest absolute Gasteiger partial charge is 0.346 e. The Bertz CT molecular complexity index is 131. The number of amides is 2. The van der Waals surface area contributed by atoms with Crippen LogP contribution in [0, 0.1) is 0 Å². The monoisotopic (exact) mass is 117 g/mol. The molecular weight excluding hydrogens is 115 g/mol. The van der Waals surface area contributed by atoms with Crippen molar-refractivity contribution >= 4 is 17.6 Å². The number of hydrogen-bond donors (Lipinski definition) is 1. The molecule has 1 radical (unpaired) electrons.